The fourth-order valence-corrected chi connectivity index (χ4v) is 2.13. The zero-order valence-corrected chi connectivity index (χ0v) is 11.6. The van der Waals surface area contributed by atoms with Gasteiger partial charge >= 0.3 is 0 Å². The molecule has 2 rings (SSSR count). The van der Waals surface area contributed by atoms with Crippen LogP contribution in [-0.4, -0.2) is 0 Å². The Morgan fingerprint density at radius 2 is 1.82 bits per heavy atom. The molecular formula is C11H7Br2F2NO. The van der Waals surface area contributed by atoms with Crippen molar-refractivity contribution in [3.05, 3.63) is 56.4 Å². The first-order valence-corrected chi connectivity index (χ1v) is 6.23. The summed E-state index contributed by atoms with van der Waals surface area (Å²) in [6.45, 7) is 0. The average Bonchev–Trinajstić information content (AvgIpc) is 2.71. The molecule has 1 atom stereocenters. The molecule has 2 nitrogen and oxygen atoms in total. The van der Waals surface area contributed by atoms with Gasteiger partial charge in [-0.2, -0.15) is 0 Å². The minimum Gasteiger partial charge on any atom is -0.452 e. The van der Waals surface area contributed by atoms with Gasteiger partial charge in [0.25, 0.3) is 0 Å². The number of hydrogen-bond acceptors (Lipinski definition) is 2. The highest BCUT2D eigenvalue weighted by molar-refractivity contribution is 9.10. The Bertz CT molecular complexity index is 556. The molecule has 0 radical (unpaired) electrons. The van der Waals surface area contributed by atoms with Crippen LogP contribution in [0.2, 0.25) is 0 Å². The van der Waals surface area contributed by atoms with Gasteiger partial charge < -0.3 is 10.2 Å². The van der Waals surface area contributed by atoms with E-state index >= 15 is 0 Å². The molecule has 0 amide bonds. The van der Waals surface area contributed by atoms with Gasteiger partial charge in [-0.3, -0.25) is 0 Å². The molecule has 6 heteroatoms. The van der Waals surface area contributed by atoms with Crippen LogP contribution in [0.15, 0.2) is 37.8 Å². The summed E-state index contributed by atoms with van der Waals surface area (Å²) in [5.41, 5.74) is 5.56. The Balaban J connectivity index is 2.50. The molecule has 0 aliphatic carbocycles. The van der Waals surface area contributed by atoms with Crippen molar-refractivity contribution in [2.45, 2.75) is 6.04 Å². The van der Waals surface area contributed by atoms with E-state index in [2.05, 4.69) is 31.9 Å². The first-order valence-electron chi connectivity index (χ1n) is 4.65. The highest BCUT2D eigenvalue weighted by atomic mass is 79.9. The Morgan fingerprint density at radius 1 is 1.12 bits per heavy atom. The second-order valence-corrected chi connectivity index (χ2v) is 5.01. The predicted molar refractivity (Wildman–Crippen MR) is 66.5 cm³/mol. The zero-order chi connectivity index (χ0) is 12.6. The monoisotopic (exact) mass is 365 g/mol. The number of hydrogen-bond donors (Lipinski definition) is 1. The molecule has 1 heterocycles. The second-order valence-electron chi connectivity index (χ2n) is 3.38. The summed E-state index contributed by atoms with van der Waals surface area (Å²) in [6, 6.07) is 4.63. The van der Waals surface area contributed by atoms with Crippen molar-refractivity contribution in [2.24, 2.45) is 5.73 Å². The summed E-state index contributed by atoms with van der Waals surface area (Å²) >= 11 is 6.09. The molecule has 2 aromatic rings. The van der Waals surface area contributed by atoms with Gasteiger partial charge in [0.2, 0.25) is 0 Å². The van der Waals surface area contributed by atoms with Crippen molar-refractivity contribution in [1.82, 2.24) is 0 Å². The number of nitrogens with two attached hydrogens (primary N) is 1. The molecule has 1 aromatic heterocycles. The van der Waals surface area contributed by atoms with E-state index in [0.29, 0.717) is 4.67 Å². The van der Waals surface area contributed by atoms with Crippen molar-refractivity contribution in [2.75, 3.05) is 0 Å². The molecule has 2 N–H and O–H groups in total. The van der Waals surface area contributed by atoms with Crippen LogP contribution in [-0.2, 0) is 0 Å². The van der Waals surface area contributed by atoms with Crippen LogP contribution in [0.3, 0.4) is 0 Å². The highest BCUT2D eigenvalue weighted by Crippen LogP contribution is 2.30. The smallest absolute Gasteiger partial charge is 0.169 e. The van der Waals surface area contributed by atoms with Crippen LogP contribution in [0.5, 0.6) is 0 Å². The molecule has 0 fully saturated rings. The standard InChI is InChI=1S/C11H7Br2F2NO/c12-5-1-2-6(14)9(10(5)15)11(16)7-3-4-8(13)17-7/h1-4,11H,16H2. The highest BCUT2D eigenvalue weighted by Gasteiger charge is 2.22. The molecule has 0 aliphatic heterocycles. The van der Waals surface area contributed by atoms with Crippen molar-refractivity contribution in [1.29, 1.82) is 0 Å². The van der Waals surface area contributed by atoms with E-state index in [1.54, 1.807) is 12.1 Å². The van der Waals surface area contributed by atoms with Crippen LogP contribution >= 0.6 is 31.9 Å². The summed E-state index contributed by atoms with van der Waals surface area (Å²) < 4.78 is 33.2. The first-order chi connectivity index (χ1) is 8.00. The van der Waals surface area contributed by atoms with Gasteiger partial charge in [0.1, 0.15) is 17.4 Å². The predicted octanol–water partition coefficient (Wildman–Crippen LogP) is 4.13. The van der Waals surface area contributed by atoms with E-state index in [1.165, 1.54) is 6.07 Å². The summed E-state index contributed by atoms with van der Waals surface area (Å²) in [7, 11) is 0. The van der Waals surface area contributed by atoms with E-state index in [0.717, 1.165) is 6.07 Å². The third kappa shape index (κ3) is 2.43. The maximum atomic E-state index is 13.8. The van der Waals surface area contributed by atoms with E-state index in [1.807, 2.05) is 0 Å². The number of halogens is 4. The minimum absolute atomic E-state index is 0.162. The Hall–Kier alpha value is -0.720. The molecule has 0 saturated heterocycles. The molecule has 1 aromatic carbocycles. The van der Waals surface area contributed by atoms with Crippen LogP contribution in [0.4, 0.5) is 8.78 Å². The Labute approximate surface area is 113 Å². The summed E-state index contributed by atoms with van der Waals surface area (Å²) in [4.78, 5) is 0. The maximum absolute atomic E-state index is 13.8. The van der Waals surface area contributed by atoms with Gasteiger partial charge in [-0.25, -0.2) is 8.78 Å². The van der Waals surface area contributed by atoms with Gasteiger partial charge in [-0.15, -0.1) is 0 Å². The zero-order valence-electron chi connectivity index (χ0n) is 8.38. The van der Waals surface area contributed by atoms with E-state index in [9.17, 15) is 8.78 Å². The fraction of sp³-hybridized carbons (Fsp3) is 0.0909. The summed E-state index contributed by atoms with van der Waals surface area (Å²) in [5, 5.41) is 0. The molecule has 17 heavy (non-hydrogen) atoms. The van der Waals surface area contributed by atoms with Gasteiger partial charge in [0.15, 0.2) is 4.67 Å². The lowest BCUT2D eigenvalue weighted by molar-refractivity contribution is 0.451. The molecule has 0 saturated carbocycles. The molecule has 0 aliphatic rings. The lowest BCUT2D eigenvalue weighted by atomic mass is 10.0. The lowest BCUT2D eigenvalue weighted by Gasteiger charge is -2.12. The number of benzene rings is 1. The van der Waals surface area contributed by atoms with Crippen molar-refractivity contribution in [3.63, 3.8) is 0 Å². The first kappa shape index (κ1) is 12.7. The van der Waals surface area contributed by atoms with Crippen LogP contribution in [0.25, 0.3) is 0 Å². The second kappa shape index (κ2) is 4.88. The third-order valence-corrected chi connectivity index (χ3v) is 3.33. The van der Waals surface area contributed by atoms with Crippen molar-refractivity contribution >= 4 is 31.9 Å². The molecule has 0 bridgehead atoms. The van der Waals surface area contributed by atoms with E-state index < -0.39 is 17.7 Å². The van der Waals surface area contributed by atoms with Gasteiger partial charge in [-0.05, 0) is 56.1 Å². The topological polar surface area (TPSA) is 39.2 Å². The quantitative estimate of drug-likeness (QED) is 0.811. The van der Waals surface area contributed by atoms with Crippen molar-refractivity contribution < 1.29 is 13.2 Å². The Morgan fingerprint density at radius 3 is 2.41 bits per heavy atom. The molecule has 1 unspecified atom stereocenters. The molecule has 90 valence electrons. The van der Waals surface area contributed by atoms with Crippen molar-refractivity contribution in [3.8, 4) is 0 Å². The van der Waals surface area contributed by atoms with Gasteiger partial charge in [0, 0.05) is 5.56 Å². The largest absolute Gasteiger partial charge is 0.452 e. The van der Waals surface area contributed by atoms with Gasteiger partial charge in [0.05, 0.1) is 10.5 Å². The normalized spacial score (nSPS) is 12.8. The number of rotatable bonds is 2. The minimum atomic E-state index is -0.987. The van der Waals surface area contributed by atoms with Gasteiger partial charge in [-0.1, -0.05) is 0 Å². The Kier molecular flexibility index (Phi) is 3.65. The van der Waals surface area contributed by atoms with Crippen LogP contribution in [0, 0.1) is 11.6 Å². The summed E-state index contributed by atoms with van der Waals surface area (Å²) in [6.07, 6.45) is 0. The number of furan rings is 1. The molecule has 0 spiro atoms. The van der Waals surface area contributed by atoms with E-state index in [-0.39, 0.29) is 15.8 Å². The van der Waals surface area contributed by atoms with E-state index in [4.69, 9.17) is 10.2 Å². The third-order valence-electron chi connectivity index (χ3n) is 2.29. The lowest BCUT2D eigenvalue weighted by Crippen LogP contribution is -2.15. The molecular weight excluding hydrogens is 360 g/mol. The fourth-order valence-electron chi connectivity index (χ4n) is 1.47. The average molecular weight is 367 g/mol. The summed E-state index contributed by atoms with van der Waals surface area (Å²) in [5.74, 6) is -1.14. The maximum Gasteiger partial charge on any atom is 0.169 e. The van der Waals surface area contributed by atoms with Crippen LogP contribution < -0.4 is 5.73 Å². The SMILES string of the molecule is NC(c1ccc(Br)o1)c1c(F)ccc(Br)c1F. The van der Waals surface area contributed by atoms with Crippen LogP contribution in [0.1, 0.15) is 17.4 Å².